The first-order valence-corrected chi connectivity index (χ1v) is 6.23. The Morgan fingerprint density at radius 1 is 0.611 bits per heavy atom. The van der Waals surface area contributed by atoms with Gasteiger partial charge in [-0.2, -0.15) is 0 Å². The van der Waals surface area contributed by atoms with Gasteiger partial charge < -0.3 is 0 Å². The maximum Gasteiger partial charge on any atom is -0.00137 e. The van der Waals surface area contributed by atoms with Gasteiger partial charge in [0.1, 0.15) is 0 Å². The number of hydrogen-bond donors (Lipinski definition) is 0. The molecule has 0 fully saturated rings. The van der Waals surface area contributed by atoms with Crippen LogP contribution in [0.1, 0.15) is 0 Å². The van der Waals surface area contributed by atoms with Gasteiger partial charge in [0.05, 0.1) is 0 Å². The smallest absolute Gasteiger partial charge is 0.00137 e. The Labute approximate surface area is 104 Å². The fraction of sp³-hybridized carbons (Fsp3) is 0. The molecule has 0 amide bonds. The predicted molar refractivity (Wildman–Crippen MR) is 76.8 cm³/mol. The molecule has 4 aromatic rings. The highest BCUT2D eigenvalue weighted by Crippen LogP contribution is 2.46. The van der Waals surface area contributed by atoms with Crippen LogP contribution in [0.25, 0.3) is 43.4 Å². The van der Waals surface area contributed by atoms with Crippen molar-refractivity contribution in [3.8, 4) is 11.1 Å². The summed E-state index contributed by atoms with van der Waals surface area (Å²) < 4.78 is 0. The van der Waals surface area contributed by atoms with Crippen LogP contribution < -0.4 is 0 Å². The summed E-state index contributed by atoms with van der Waals surface area (Å²) in [7, 11) is 0. The van der Waals surface area contributed by atoms with Crippen LogP contribution in [0, 0.1) is 6.07 Å². The number of rotatable bonds is 0. The molecule has 5 rings (SSSR count). The first-order valence-electron chi connectivity index (χ1n) is 6.23. The second-order valence-electron chi connectivity index (χ2n) is 4.95. The summed E-state index contributed by atoms with van der Waals surface area (Å²) in [5, 5.41) is 8.17. The van der Waals surface area contributed by atoms with E-state index in [1.807, 2.05) is 6.07 Å². The van der Waals surface area contributed by atoms with Gasteiger partial charge in [-0.25, -0.2) is 0 Å². The molecule has 0 saturated carbocycles. The third kappa shape index (κ3) is 0.820. The summed E-state index contributed by atoms with van der Waals surface area (Å²) in [6, 6.07) is 23.1. The Balaban J connectivity index is 2.31. The minimum Gasteiger partial charge on any atom is -0.0610 e. The third-order valence-electron chi connectivity index (χ3n) is 4.07. The Morgan fingerprint density at radius 3 is 2.17 bits per heavy atom. The fourth-order valence-electron chi connectivity index (χ4n) is 3.33. The maximum absolute atomic E-state index is 3.42. The summed E-state index contributed by atoms with van der Waals surface area (Å²) in [5.41, 5.74) is 2.61. The topological polar surface area (TPSA) is 0 Å². The van der Waals surface area contributed by atoms with Gasteiger partial charge in [0.2, 0.25) is 0 Å². The van der Waals surface area contributed by atoms with Crippen LogP contribution in [0.4, 0.5) is 0 Å². The van der Waals surface area contributed by atoms with Crippen LogP contribution >= 0.6 is 0 Å². The van der Waals surface area contributed by atoms with Crippen molar-refractivity contribution in [2.45, 2.75) is 0 Å². The molecule has 0 bridgehead atoms. The molecule has 0 atom stereocenters. The SMILES string of the molecule is [c]1ccc2ccc3ccc4cccc5c4c3c2c1-5. The van der Waals surface area contributed by atoms with Crippen molar-refractivity contribution >= 4 is 32.3 Å². The van der Waals surface area contributed by atoms with Gasteiger partial charge in [-0.3, -0.25) is 0 Å². The monoisotopic (exact) mass is 225 g/mol. The van der Waals surface area contributed by atoms with Crippen molar-refractivity contribution in [3.63, 3.8) is 0 Å². The van der Waals surface area contributed by atoms with Gasteiger partial charge in [0, 0.05) is 0 Å². The zero-order valence-electron chi connectivity index (χ0n) is 9.70. The van der Waals surface area contributed by atoms with Crippen molar-refractivity contribution in [1.82, 2.24) is 0 Å². The lowest BCUT2D eigenvalue weighted by atomic mass is 10.0. The van der Waals surface area contributed by atoms with E-state index in [4.69, 9.17) is 0 Å². The highest BCUT2D eigenvalue weighted by molar-refractivity contribution is 6.32. The van der Waals surface area contributed by atoms with Crippen molar-refractivity contribution in [3.05, 3.63) is 60.7 Å². The normalized spacial score (nSPS) is 12.4. The summed E-state index contributed by atoms with van der Waals surface area (Å²) in [4.78, 5) is 0. The third-order valence-corrected chi connectivity index (χ3v) is 4.07. The van der Waals surface area contributed by atoms with E-state index in [0.29, 0.717) is 0 Å². The van der Waals surface area contributed by atoms with Crippen LogP contribution in [0.5, 0.6) is 0 Å². The highest BCUT2D eigenvalue weighted by Gasteiger charge is 2.19. The van der Waals surface area contributed by atoms with Crippen molar-refractivity contribution in [1.29, 1.82) is 0 Å². The van der Waals surface area contributed by atoms with Crippen LogP contribution in [-0.2, 0) is 0 Å². The minimum atomic E-state index is 1.27. The van der Waals surface area contributed by atoms with E-state index in [0.717, 1.165) is 0 Å². The van der Waals surface area contributed by atoms with Gasteiger partial charge >= 0.3 is 0 Å². The van der Waals surface area contributed by atoms with Gasteiger partial charge in [-0.1, -0.05) is 54.6 Å². The van der Waals surface area contributed by atoms with Crippen molar-refractivity contribution in [2.24, 2.45) is 0 Å². The Morgan fingerprint density at radius 2 is 1.33 bits per heavy atom. The molecule has 0 saturated heterocycles. The summed E-state index contributed by atoms with van der Waals surface area (Å²) >= 11 is 0. The maximum atomic E-state index is 3.42. The molecule has 1 aliphatic rings. The van der Waals surface area contributed by atoms with Crippen molar-refractivity contribution in [2.75, 3.05) is 0 Å². The van der Waals surface area contributed by atoms with E-state index in [2.05, 4.69) is 54.6 Å². The molecule has 4 aromatic carbocycles. The largest absolute Gasteiger partial charge is 0.0610 e. The lowest BCUT2D eigenvalue weighted by Crippen LogP contribution is -1.75. The molecule has 1 aliphatic carbocycles. The molecule has 18 heavy (non-hydrogen) atoms. The van der Waals surface area contributed by atoms with E-state index in [9.17, 15) is 0 Å². The Kier molecular flexibility index (Phi) is 1.32. The van der Waals surface area contributed by atoms with Gasteiger partial charge in [-0.05, 0) is 49.5 Å². The first kappa shape index (κ1) is 8.71. The van der Waals surface area contributed by atoms with Crippen LogP contribution in [0.15, 0.2) is 54.6 Å². The van der Waals surface area contributed by atoms with Crippen LogP contribution in [0.2, 0.25) is 0 Å². The summed E-state index contributed by atoms with van der Waals surface area (Å²) in [6.45, 7) is 0. The van der Waals surface area contributed by atoms with E-state index in [-0.39, 0.29) is 0 Å². The predicted octanol–water partition coefficient (Wildman–Crippen LogP) is 4.93. The Bertz CT molecular complexity index is 885. The zero-order chi connectivity index (χ0) is 11.7. The van der Waals surface area contributed by atoms with E-state index >= 15 is 0 Å². The second kappa shape index (κ2) is 2.73. The summed E-state index contributed by atoms with van der Waals surface area (Å²) in [6.07, 6.45) is 0. The molecule has 0 heteroatoms. The van der Waals surface area contributed by atoms with E-state index in [1.165, 1.54) is 43.4 Å². The summed E-state index contributed by atoms with van der Waals surface area (Å²) in [5.74, 6) is 0. The van der Waals surface area contributed by atoms with E-state index in [1.54, 1.807) is 0 Å². The molecule has 0 heterocycles. The standard InChI is InChI=1S/C18H9/c1-3-11-7-9-13-10-8-12-4-2-6-15-14(5-1)16(11)18(13)17(12)15/h1-5,7-10H. The lowest BCUT2D eigenvalue weighted by Gasteiger charge is -2.02. The average Bonchev–Trinajstić information content (AvgIpc) is 2.78. The van der Waals surface area contributed by atoms with Crippen LogP contribution in [-0.4, -0.2) is 0 Å². The fourth-order valence-corrected chi connectivity index (χ4v) is 3.33. The molecule has 1 radical (unpaired) electrons. The number of hydrogen-bond acceptors (Lipinski definition) is 0. The lowest BCUT2D eigenvalue weighted by molar-refractivity contribution is 1.75. The molecule has 81 valence electrons. The molecular formula is C18H9. The molecule has 0 aromatic heterocycles. The molecule has 0 spiro atoms. The quantitative estimate of drug-likeness (QED) is 0.328. The first-order chi connectivity index (χ1) is 8.93. The minimum absolute atomic E-state index is 1.27. The Hall–Kier alpha value is -2.34. The van der Waals surface area contributed by atoms with Crippen LogP contribution in [0.3, 0.4) is 0 Å². The highest BCUT2D eigenvalue weighted by atomic mass is 14.2. The zero-order valence-corrected chi connectivity index (χ0v) is 9.70. The molecular weight excluding hydrogens is 216 g/mol. The van der Waals surface area contributed by atoms with E-state index < -0.39 is 0 Å². The van der Waals surface area contributed by atoms with Gasteiger partial charge in [-0.15, -0.1) is 0 Å². The van der Waals surface area contributed by atoms with Gasteiger partial charge in [0.25, 0.3) is 0 Å². The number of fused-ring (bicyclic) bond motifs is 1. The molecule has 0 nitrogen and oxygen atoms in total. The second-order valence-corrected chi connectivity index (χ2v) is 4.95. The average molecular weight is 225 g/mol. The molecule has 0 unspecified atom stereocenters. The molecule has 0 aliphatic heterocycles. The molecule has 0 N–H and O–H groups in total. The van der Waals surface area contributed by atoms with Gasteiger partial charge in [0.15, 0.2) is 0 Å². The number of benzene rings is 4. The van der Waals surface area contributed by atoms with Crippen molar-refractivity contribution < 1.29 is 0 Å².